The van der Waals surface area contributed by atoms with Crippen molar-refractivity contribution in [2.75, 3.05) is 0 Å². The van der Waals surface area contributed by atoms with Crippen molar-refractivity contribution in [1.29, 1.82) is 0 Å². The van der Waals surface area contributed by atoms with Gasteiger partial charge in [-0.2, -0.15) is 8.42 Å². The zero-order valence-corrected chi connectivity index (χ0v) is 6.45. The number of hydrogen-bond donors (Lipinski definition) is 4. The van der Waals surface area contributed by atoms with E-state index in [1.807, 2.05) is 0 Å². The summed E-state index contributed by atoms with van der Waals surface area (Å²) in [7, 11) is -4.67. The molecule has 0 fully saturated rings. The normalized spacial score (nSPS) is 12.7. The molecule has 0 saturated carbocycles. The Hall–Kier alpha value is -0.700. The number of carboxylic acid groups (broad SMARTS) is 1. The second kappa shape index (κ2) is 5.02. The molecule has 0 aliphatic carbocycles. The van der Waals surface area contributed by atoms with Gasteiger partial charge < -0.3 is 10.8 Å². The number of hydrogen-bond acceptors (Lipinski definition) is 4. The maximum absolute atomic E-state index is 9.57. The monoisotopic (exact) mass is 187 g/mol. The van der Waals surface area contributed by atoms with Crippen LogP contribution < -0.4 is 5.73 Å². The Morgan fingerprint density at radius 2 is 1.55 bits per heavy atom. The van der Waals surface area contributed by atoms with E-state index in [-0.39, 0.29) is 0 Å². The lowest BCUT2D eigenvalue weighted by Gasteiger charge is -1.90. The summed E-state index contributed by atoms with van der Waals surface area (Å²) in [5, 5.41) is 7.87. The van der Waals surface area contributed by atoms with Crippen LogP contribution >= 0.6 is 0 Å². The van der Waals surface area contributed by atoms with Crippen LogP contribution in [0.15, 0.2) is 0 Å². The fourth-order valence-electron chi connectivity index (χ4n) is 0. The zero-order chi connectivity index (χ0) is 9.65. The van der Waals surface area contributed by atoms with E-state index >= 15 is 0 Å². The Bertz CT molecular complexity index is 198. The summed E-state index contributed by atoms with van der Waals surface area (Å²) in [5.74, 6) is -0.963. The average Bonchev–Trinajstić information content (AvgIpc) is 1.59. The lowest BCUT2D eigenvalue weighted by atomic mass is 10.4. The van der Waals surface area contributed by atoms with E-state index in [0.717, 1.165) is 0 Å². The second-order valence-electron chi connectivity index (χ2n) is 1.57. The minimum atomic E-state index is -4.67. The molecule has 1 unspecified atom stereocenters. The van der Waals surface area contributed by atoms with Crippen molar-refractivity contribution in [3.8, 4) is 0 Å². The summed E-state index contributed by atoms with van der Waals surface area (Å²) in [6, 6.07) is -0.731. The number of nitrogens with two attached hydrogens (primary N) is 1. The molecule has 68 valence electrons. The SMILES string of the molecule is CC(N)C(=O)O.O=S(=O)(O)O. The van der Waals surface area contributed by atoms with E-state index in [9.17, 15) is 4.79 Å². The van der Waals surface area contributed by atoms with E-state index in [1.165, 1.54) is 6.92 Å². The van der Waals surface area contributed by atoms with Gasteiger partial charge in [0.1, 0.15) is 6.04 Å². The first kappa shape index (κ1) is 12.9. The summed E-state index contributed by atoms with van der Waals surface area (Å²) in [6.07, 6.45) is 0. The van der Waals surface area contributed by atoms with Crippen LogP contribution in [-0.2, 0) is 15.2 Å². The van der Waals surface area contributed by atoms with Crippen LogP contribution in [0.2, 0.25) is 0 Å². The number of aliphatic carboxylic acids is 1. The molecule has 0 aromatic carbocycles. The quantitative estimate of drug-likeness (QED) is 0.377. The summed E-state index contributed by atoms with van der Waals surface area (Å²) < 4.78 is 31.6. The van der Waals surface area contributed by atoms with Crippen molar-refractivity contribution >= 4 is 16.4 Å². The van der Waals surface area contributed by atoms with Gasteiger partial charge >= 0.3 is 16.4 Å². The average molecular weight is 187 g/mol. The van der Waals surface area contributed by atoms with Crippen LogP contribution in [0.1, 0.15) is 6.92 Å². The molecular weight excluding hydrogens is 178 g/mol. The predicted molar refractivity (Wildman–Crippen MR) is 35.5 cm³/mol. The van der Waals surface area contributed by atoms with Gasteiger partial charge in [-0.3, -0.25) is 13.9 Å². The maximum Gasteiger partial charge on any atom is 0.394 e. The van der Waals surface area contributed by atoms with Crippen LogP contribution in [0.5, 0.6) is 0 Å². The molecule has 0 amide bonds. The Morgan fingerprint density at radius 1 is 1.45 bits per heavy atom. The molecule has 0 radical (unpaired) electrons. The smallest absolute Gasteiger partial charge is 0.394 e. The van der Waals surface area contributed by atoms with Crippen molar-refractivity contribution in [3.63, 3.8) is 0 Å². The van der Waals surface area contributed by atoms with E-state index in [0.29, 0.717) is 0 Å². The number of carboxylic acids is 1. The molecule has 0 bridgehead atoms. The van der Waals surface area contributed by atoms with Gasteiger partial charge in [-0.05, 0) is 6.92 Å². The van der Waals surface area contributed by atoms with Crippen LogP contribution in [0.25, 0.3) is 0 Å². The van der Waals surface area contributed by atoms with Crippen LogP contribution in [-0.4, -0.2) is 34.6 Å². The van der Waals surface area contributed by atoms with Gasteiger partial charge in [0.2, 0.25) is 0 Å². The standard InChI is InChI=1S/C3H7NO2.H2O4S/c1-2(4)3(5)6;1-5(2,3)4/h2H,4H2,1H3,(H,5,6);(H2,1,2,3,4). The molecule has 0 saturated heterocycles. The Kier molecular flexibility index (Phi) is 5.90. The largest absolute Gasteiger partial charge is 0.480 e. The highest BCUT2D eigenvalue weighted by Crippen LogP contribution is 1.68. The maximum atomic E-state index is 9.57. The lowest BCUT2D eigenvalue weighted by molar-refractivity contribution is -0.138. The highest BCUT2D eigenvalue weighted by Gasteiger charge is 1.99. The fourth-order valence-corrected chi connectivity index (χ4v) is 0. The molecular formula is C3H9NO6S. The zero-order valence-electron chi connectivity index (χ0n) is 5.63. The van der Waals surface area contributed by atoms with Gasteiger partial charge in [-0.25, -0.2) is 0 Å². The van der Waals surface area contributed by atoms with Gasteiger partial charge in [0.25, 0.3) is 0 Å². The summed E-state index contributed by atoms with van der Waals surface area (Å²) in [5.41, 5.74) is 4.84. The molecule has 8 heteroatoms. The fraction of sp³-hybridized carbons (Fsp3) is 0.667. The second-order valence-corrected chi connectivity index (χ2v) is 2.47. The van der Waals surface area contributed by atoms with E-state index in [2.05, 4.69) is 0 Å². The van der Waals surface area contributed by atoms with Crippen molar-refractivity contribution in [3.05, 3.63) is 0 Å². The Labute approximate surface area is 63.4 Å². The van der Waals surface area contributed by atoms with Crippen LogP contribution in [0.3, 0.4) is 0 Å². The predicted octanol–water partition coefficient (Wildman–Crippen LogP) is -1.23. The van der Waals surface area contributed by atoms with Gasteiger partial charge in [0.15, 0.2) is 0 Å². The van der Waals surface area contributed by atoms with Gasteiger partial charge in [0, 0.05) is 0 Å². The molecule has 0 aromatic heterocycles. The van der Waals surface area contributed by atoms with Crippen molar-refractivity contribution in [2.45, 2.75) is 13.0 Å². The van der Waals surface area contributed by atoms with Gasteiger partial charge in [-0.15, -0.1) is 0 Å². The first-order chi connectivity index (χ1) is 4.64. The molecule has 1 atom stereocenters. The molecule has 5 N–H and O–H groups in total. The van der Waals surface area contributed by atoms with E-state index in [4.69, 9.17) is 28.4 Å². The third-order valence-electron chi connectivity index (χ3n) is 0.390. The van der Waals surface area contributed by atoms with Crippen LogP contribution in [0, 0.1) is 0 Å². The Morgan fingerprint density at radius 3 is 1.55 bits per heavy atom. The number of carbonyl (C=O) groups is 1. The van der Waals surface area contributed by atoms with Gasteiger partial charge in [-0.1, -0.05) is 0 Å². The minimum Gasteiger partial charge on any atom is -0.480 e. The first-order valence-corrected chi connectivity index (χ1v) is 3.72. The summed E-state index contributed by atoms with van der Waals surface area (Å²) in [6.45, 7) is 1.42. The highest BCUT2D eigenvalue weighted by molar-refractivity contribution is 7.79. The van der Waals surface area contributed by atoms with Gasteiger partial charge in [0.05, 0.1) is 0 Å². The van der Waals surface area contributed by atoms with Crippen molar-refractivity contribution in [1.82, 2.24) is 0 Å². The molecule has 0 aromatic rings. The van der Waals surface area contributed by atoms with Crippen LogP contribution in [0.4, 0.5) is 0 Å². The van der Waals surface area contributed by atoms with Crippen molar-refractivity contribution < 1.29 is 27.4 Å². The molecule has 7 nitrogen and oxygen atoms in total. The molecule has 0 aliphatic heterocycles. The lowest BCUT2D eigenvalue weighted by Crippen LogP contribution is -2.25. The Balaban J connectivity index is 0. The topological polar surface area (TPSA) is 138 Å². The molecule has 0 aliphatic rings. The summed E-state index contributed by atoms with van der Waals surface area (Å²) >= 11 is 0. The first-order valence-electron chi connectivity index (χ1n) is 2.33. The molecule has 0 heterocycles. The molecule has 11 heavy (non-hydrogen) atoms. The van der Waals surface area contributed by atoms with Crippen molar-refractivity contribution in [2.24, 2.45) is 5.73 Å². The van der Waals surface area contributed by atoms with E-state index < -0.39 is 22.4 Å². The number of rotatable bonds is 1. The third-order valence-corrected chi connectivity index (χ3v) is 0.390. The molecule has 0 spiro atoms. The highest BCUT2D eigenvalue weighted by atomic mass is 32.3. The molecule has 0 rings (SSSR count). The minimum absolute atomic E-state index is 0.731. The summed E-state index contributed by atoms with van der Waals surface area (Å²) in [4.78, 5) is 9.57. The van der Waals surface area contributed by atoms with E-state index in [1.54, 1.807) is 0 Å². The third kappa shape index (κ3) is 45.5.